The number of halogens is 1. The predicted octanol–water partition coefficient (Wildman–Crippen LogP) is 4.24. The molecule has 0 saturated carbocycles. The molecule has 142 valence electrons. The molecule has 0 aliphatic carbocycles. The standard InChI is InChI=1S/C19H14FN3O4S/c20-16-3-1-2-4-18(16)28-12-19(24)22-21-11-15-9-10-17(27-15)13-5-7-14(8-6-13)23(25)26/h1-11H,12H2,(H,22,24)/b21-11-. The number of non-ortho nitro benzene ring substituents is 1. The summed E-state index contributed by atoms with van der Waals surface area (Å²) in [7, 11) is 0. The first-order valence-corrected chi connectivity index (χ1v) is 9.05. The number of rotatable bonds is 7. The molecule has 7 nitrogen and oxygen atoms in total. The van der Waals surface area contributed by atoms with Crippen LogP contribution < -0.4 is 5.43 Å². The van der Waals surface area contributed by atoms with Crippen LogP contribution in [0.5, 0.6) is 0 Å². The number of nitrogens with zero attached hydrogens (tertiary/aromatic N) is 2. The number of hydrazone groups is 1. The topological polar surface area (TPSA) is 97.7 Å². The normalized spacial score (nSPS) is 10.9. The second-order valence-corrected chi connectivity index (χ2v) is 6.54. The molecule has 3 aromatic rings. The highest BCUT2D eigenvalue weighted by molar-refractivity contribution is 8.00. The van der Waals surface area contributed by atoms with Crippen molar-refractivity contribution in [2.24, 2.45) is 5.10 Å². The summed E-state index contributed by atoms with van der Waals surface area (Å²) in [6.07, 6.45) is 1.33. The molecule has 0 atom stereocenters. The zero-order chi connectivity index (χ0) is 19.9. The van der Waals surface area contributed by atoms with E-state index in [-0.39, 0.29) is 23.2 Å². The fourth-order valence-corrected chi connectivity index (χ4v) is 2.96. The molecule has 1 heterocycles. The molecule has 28 heavy (non-hydrogen) atoms. The van der Waals surface area contributed by atoms with Gasteiger partial charge in [0.1, 0.15) is 17.3 Å². The molecular formula is C19H14FN3O4S. The molecule has 0 spiro atoms. The summed E-state index contributed by atoms with van der Waals surface area (Å²) < 4.78 is 19.1. The van der Waals surface area contributed by atoms with Crippen LogP contribution in [0.3, 0.4) is 0 Å². The van der Waals surface area contributed by atoms with E-state index in [4.69, 9.17) is 4.42 Å². The van der Waals surface area contributed by atoms with Crippen LogP contribution in [-0.4, -0.2) is 22.8 Å². The Kier molecular flexibility index (Phi) is 6.18. The Hall–Kier alpha value is -3.46. The van der Waals surface area contributed by atoms with E-state index in [2.05, 4.69) is 10.5 Å². The van der Waals surface area contributed by atoms with Crippen LogP contribution in [0.2, 0.25) is 0 Å². The van der Waals surface area contributed by atoms with Gasteiger partial charge in [0.25, 0.3) is 5.69 Å². The largest absolute Gasteiger partial charge is 0.455 e. The van der Waals surface area contributed by atoms with E-state index < -0.39 is 4.92 Å². The fraction of sp³-hybridized carbons (Fsp3) is 0.0526. The Balaban J connectivity index is 1.53. The third-order valence-electron chi connectivity index (χ3n) is 3.57. The van der Waals surface area contributed by atoms with Crippen LogP contribution in [0.25, 0.3) is 11.3 Å². The lowest BCUT2D eigenvalue weighted by Gasteiger charge is -2.01. The van der Waals surface area contributed by atoms with E-state index in [1.807, 2.05) is 0 Å². The highest BCUT2D eigenvalue weighted by Crippen LogP contribution is 2.24. The summed E-state index contributed by atoms with van der Waals surface area (Å²) in [6.45, 7) is 0. The molecule has 0 radical (unpaired) electrons. The minimum atomic E-state index is -0.475. The van der Waals surface area contributed by atoms with Gasteiger partial charge in [0.15, 0.2) is 0 Å². The Labute approximate surface area is 163 Å². The maximum absolute atomic E-state index is 13.5. The van der Waals surface area contributed by atoms with Gasteiger partial charge in [0.2, 0.25) is 5.91 Å². The van der Waals surface area contributed by atoms with Gasteiger partial charge in [-0.2, -0.15) is 5.10 Å². The number of carbonyl (C=O) groups is 1. The second kappa shape index (κ2) is 8.96. The average molecular weight is 399 g/mol. The lowest BCUT2D eigenvalue weighted by atomic mass is 10.1. The van der Waals surface area contributed by atoms with Gasteiger partial charge in [0.05, 0.1) is 16.9 Å². The van der Waals surface area contributed by atoms with Gasteiger partial charge in [-0.25, -0.2) is 9.82 Å². The van der Waals surface area contributed by atoms with E-state index in [1.165, 1.54) is 24.4 Å². The molecule has 9 heteroatoms. The van der Waals surface area contributed by atoms with Gasteiger partial charge in [-0.15, -0.1) is 11.8 Å². The predicted molar refractivity (Wildman–Crippen MR) is 104 cm³/mol. The molecule has 0 bridgehead atoms. The highest BCUT2D eigenvalue weighted by atomic mass is 32.2. The average Bonchev–Trinajstić information content (AvgIpc) is 3.16. The van der Waals surface area contributed by atoms with Gasteiger partial charge < -0.3 is 4.42 Å². The lowest BCUT2D eigenvalue weighted by molar-refractivity contribution is -0.384. The summed E-state index contributed by atoms with van der Waals surface area (Å²) >= 11 is 1.07. The molecule has 0 fully saturated rings. The zero-order valence-corrected chi connectivity index (χ0v) is 15.2. The minimum Gasteiger partial charge on any atom is -0.455 e. The highest BCUT2D eigenvalue weighted by Gasteiger charge is 2.08. The van der Waals surface area contributed by atoms with Crippen molar-refractivity contribution in [3.8, 4) is 11.3 Å². The Bertz CT molecular complexity index is 1020. The quantitative estimate of drug-likeness (QED) is 0.277. The van der Waals surface area contributed by atoms with Gasteiger partial charge >= 0.3 is 0 Å². The first-order valence-electron chi connectivity index (χ1n) is 8.07. The third-order valence-corrected chi connectivity index (χ3v) is 4.61. The summed E-state index contributed by atoms with van der Waals surface area (Å²) in [5.41, 5.74) is 3.01. The fourth-order valence-electron chi connectivity index (χ4n) is 2.23. The molecule has 1 amide bonds. The van der Waals surface area contributed by atoms with Gasteiger partial charge in [-0.1, -0.05) is 12.1 Å². The van der Waals surface area contributed by atoms with E-state index >= 15 is 0 Å². The maximum Gasteiger partial charge on any atom is 0.269 e. The summed E-state index contributed by atoms with van der Waals surface area (Å²) in [4.78, 5) is 22.4. The van der Waals surface area contributed by atoms with Crippen molar-refractivity contribution in [2.45, 2.75) is 4.90 Å². The van der Waals surface area contributed by atoms with Crippen molar-refractivity contribution >= 4 is 29.6 Å². The van der Waals surface area contributed by atoms with Crippen molar-refractivity contribution in [1.82, 2.24) is 5.43 Å². The molecule has 0 aliphatic heterocycles. The molecule has 1 aromatic heterocycles. The Morgan fingerprint density at radius 3 is 2.64 bits per heavy atom. The summed E-state index contributed by atoms with van der Waals surface area (Å²) in [5, 5.41) is 14.5. The number of nitrogens with one attached hydrogen (secondary N) is 1. The smallest absolute Gasteiger partial charge is 0.269 e. The summed E-state index contributed by atoms with van der Waals surface area (Å²) in [5.74, 6) is 0.169. The van der Waals surface area contributed by atoms with E-state index in [1.54, 1.807) is 42.5 Å². The molecule has 2 aromatic carbocycles. The van der Waals surface area contributed by atoms with E-state index in [9.17, 15) is 19.3 Å². The second-order valence-electron chi connectivity index (χ2n) is 5.52. The number of furan rings is 1. The number of thioether (sulfide) groups is 1. The van der Waals surface area contributed by atoms with E-state index in [0.29, 0.717) is 22.0 Å². The number of hydrogen-bond donors (Lipinski definition) is 1. The number of amides is 1. The van der Waals surface area contributed by atoms with Crippen LogP contribution in [0, 0.1) is 15.9 Å². The summed E-state index contributed by atoms with van der Waals surface area (Å²) in [6, 6.07) is 15.5. The maximum atomic E-state index is 13.5. The van der Waals surface area contributed by atoms with Crippen molar-refractivity contribution in [3.63, 3.8) is 0 Å². The lowest BCUT2D eigenvalue weighted by Crippen LogP contribution is -2.19. The number of nitro benzene ring substituents is 1. The SMILES string of the molecule is O=C(CSc1ccccc1F)N/N=C\c1ccc(-c2ccc([N+](=O)[O-])cc2)o1. The molecule has 0 saturated heterocycles. The van der Waals surface area contributed by atoms with Crippen LogP contribution in [0.4, 0.5) is 10.1 Å². The van der Waals surface area contributed by atoms with Gasteiger partial charge in [-0.3, -0.25) is 14.9 Å². The van der Waals surface area contributed by atoms with Crippen LogP contribution in [-0.2, 0) is 4.79 Å². The van der Waals surface area contributed by atoms with Gasteiger partial charge in [0, 0.05) is 22.6 Å². The molecule has 0 unspecified atom stereocenters. The van der Waals surface area contributed by atoms with E-state index in [0.717, 1.165) is 11.8 Å². The van der Waals surface area contributed by atoms with Crippen LogP contribution >= 0.6 is 11.8 Å². The third kappa shape index (κ3) is 5.04. The van der Waals surface area contributed by atoms with Crippen molar-refractivity contribution in [2.75, 3.05) is 5.75 Å². The molecule has 3 rings (SSSR count). The number of benzene rings is 2. The number of nitro groups is 1. The molecule has 1 N–H and O–H groups in total. The van der Waals surface area contributed by atoms with Crippen LogP contribution in [0.1, 0.15) is 5.76 Å². The molecule has 0 aliphatic rings. The van der Waals surface area contributed by atoms with Crippen molar-refractivity contribution in [1.29, 1.82) is 0 Å². The molecular weight excluding hydrogens is 385 g/mol. The van der Waals surface area contributed by atoms with Crippen molar-refractivity contribution < 1.29 is 18.5 Å². The van der Waals surface area contributed by atoms with Crippen LogP contribution in [0.15, 0.2) is 75.1 Å². The number of hydrogen-bond acceptors (Lipinski definition) is 6. The number of carbonyl (C=O) groups excluding carboxylic acids is 1. The Morgan fingerprint density at radius 2 is 1.93 bits per heavy atom. The Morgan fingerprint density at radius 1 is 1.18 bits per heavy atom. The van der Waals surface area contributed by atoms with Gasteiger partial charge in [-0.05, 0) is 36.4 Å². The first kappa shape index (κ1) is 19.3. The monoisotopic (exact) mass is 399 g/mol. The zero-order valence-electron chi connectivity index (χ0n) is 14.4. The first-order chi connectivity index (χ1) is 13.5. The van der Waals surface area contributed by atoms with Crippen molar-refractivity contribution in [3.05, 3.63) is 82.4 Å². The minimum absolute atomic E-state index is 0.00643.